The molecule has 0 amide bonds. The van der Waals surface area contributed by atoms with Crippen molar-refractivity contribution in [1.82, 2.24) is 10.2 Å². The van der Waals surface area contributed by atoms with Gasteiger partial charge >= 0.3 is 5.97 Å². The standard InChI is InChI=1S/C11H20N2O2/c1-12-4-2-3-5-13-6-8-9(7-13)10(8)11(14)15/h8-10,12H,2-7H2,1H3,(H,14,15). The van der Waals surface area contributed by atoms with Crippen molar-refractivity contribution in [1.29, 1.82) is 0 Å². The first-order valence-corrected chi connectivity index (χ1v) is 5.84. The van der Waals surface area contributed by atoms with Gasteiger partial charge in [0.1, 0.15) is 0 Å². The Labute approximate surface area is 90.6 Å². The van der Waals surface area contributed by atoms with Gasteiger partial charge < -0.3 is 15.3 Å². The van der Waals surface area contributed by atoms with Gasteiger partial charge in [-0.3, -0.25) is 4.79 Å². The van der Waals surface area contributed by atoms with E-state index in [9.17, 15) is 4.79 Å². The van der Waals surface area contributed by atoms with Crippen LogP contribution in [0.1, 0.15) is 12.8 Å². The molecular formula is C11H20N2O2. The fourth-order valence-corrected chi connectivity index (χ4v) is 2.80. The van der Waals surface area contributed by atoms with E-state index in [0.717, 1.165) is 26.2 Å². The molecule has 15 heavy (non-hydrogen) atoms. The molecule has 2 aliphatic rings. The molecule has 0 radical (unpaired) electrons. The van der Waals surface area contributed by atoms with Crippen LogP contribution in [0.2, 0.25) is 0 Å². The molecule has 2 rings (SSSR count). The van der Waals surface area contributed by atoms with Crippen LogP contribution in [-0.4, -0.2) is 49.2 Å². The van der Waals surface area contributed by atoms with Gasteiger partial charge in [0, 0.05) is 13.1 Å². The number of hydrogen-bond donors (Lipinski definition) is 2. The van der Waals surface area contributed by atoms with E-state index >= 15 is 0 Å². The molecule has 0 bridgehead atoms. The summed E-state index contributed by atoms with van der Waals surface area (Å²) < 4.78 is 0. The van der Waals surface area contributed by atoms with Crippen LogP contribution in [-0.2, 0) is 4.79 Å². The van der Waals surface area contributed by atoms with Gasteiger partial charge in [0.25, 0.3) is 0 Å². The molecule has 1 saturated heterocycles. The van der Waals surface area contributed by atoms with Crippen molar-refractivity contribution >= 4 is 5.97 Å². The first-order chi connectivity index (χ1) is 7.24. The molecule has 1 aliphatic carbocycles. The topological polar surface area (TPSA) is 52.6 Å². The number of unbranched alkanes of at least 4 members (excludes halogenated alkanes) is 1. The maximum absolute atomic E-state index is 10.8. The number of hydrogen-bond acceptors (Lipinski definition) is 3. The highest BCUT2D eigenvalue weighted by Gasteiger charge is 2.59. The lowest BCUT2D eigenvalue weighted by Gasteiger charge is -2.18. The van der Waals surface area contributed by atoms with Crippen LogP contribution in [0.25, 0.3) is 0 Å². The van der Waals surface area contributed by atoms with Crippen molar-refractivity contribution in [2.24, 2.45) is 17.8 Å². The highest BCUT2D eigenvalue weighted by molar-refractivity contribution is 5.74. The predicted molar refractivity (Wildman–Crippen MR) is 57.7 cm³/mol. The van der Waals surface area contributed by atoms with E-state index < -0.39 is 5.97 Å². The third-order valence-electron chi connectivity index (χ3n) is 3.71. The highest BCUT2D eigenvalue weighted by Crippen LogP contribution is 2.51. The van der Waals surface area contributed by atoms with Gasteiger partial charge in [0.2, 0.25) is 0 Å². The average Bonchev–Trinajstić information content (AvgIpc) is 2.72. The fraction of sp³-hybridized carbons (Fsp3) is 0.909. The molecule has 1 heterocycles. The molecule has 1 aliphatic heterocycles. The SMILES string of the molecule is CNCCCCN1CC2C(C1)C2C(=O)O. The second kappa shape index (κ2) is 4.49. The summed E-state index contributed by atoms with van der Waals surface area (Å²) in [7, 11) is 1.97. The smallest absolute Gasteiger partial charge is 0.307 e. The molecule has 2 atom stereocenters. The van der Waals surface area contributed by atoms with E-state index in [4.69, 9.17) is 5.11 Å². The van der Waals surface area contributed by atoms with Gasteiger partial charge in [-0.05, 0) is 44.8 Å². The average molecular weight is 212 g/mol. The van der Waals surface area contributed by atoms with Gasteiger partial charge in [0.15, 0.2) is 0 Å². The minimum absolute atomic E-state index is 0.0152. The van der Waals surface area contributed by atoms with Crippen molar-refractivity contribution < 1.29 is 9.90 Å². The zero-order chi connectivity index (χ0) is 10.8. The molecule has 86 valence electrons. The summed E-state index contributed by atoms with van der Waals surface area (Å²) in [6.45, 7) is 4.25. The summed E-state index contributed by atoms with van der Waals surface area (Å²) in [5, 5.41) is 12.0. The first kappa shape index (κ1) is 10.9. The fourth-order valence-electron chi connectivity index (χ4n) is 2.80. The zero-order valence-electron chi connectivity index (χ0n) is 9.28. The Kier molecular flexibility index (Phi) is 3.26. The molecular weight excluding hydrogens is 192 g/mol. The molecule has 0 aromatic heterocycles. The lowest BCUT2D eigenvalue weighted by atomic mass is 10.2. The lowest BCUT2D eigenvalue weighted by molar-refractivity contribution is -0.139. The van der Waals surface area contributed by atoms with Gasteiger partial charge in [-0.15, -0.1) is 0 Å². The maximum atomic E-state index is 10.8. The third-order valence-corrected chi connectivity index (χ3v) is 3.71. The van der Waals surface area contributed by atoms with Crippen LogP contribution in [0.5, 0.6) is 0 Å². The Hall–Kier alpha value is -0.610. The largest absolute Gasteiger partial charge is 0.481 e. The number of nitrogens with zero attached hydrogens (tertiary/aromatic N) is 1. The third kappa shape index (κ3) is 2.32. The van der Waals surface area contributed by atoms with Crippen molar-refractivity contribution in [3.8, 4) is 0 Å². The minimum Gasteiger partial charge on any atom is -0.481 e. The zero-order valence-corrected chi connectivity index (χ0v) is 9.28. The second-order valence-electron chi connectivity index (χ2n) is 4.76. The number of carboxylic acids is 1. The number of rotatable bonds is 6. The van der Waals surface area contributed by atoms with Crippen LogP contribution in [0.3, 0.4) is 0 Å². The molecule has 4 nitrogen and oxygen atoms in total. The number of nitrogens with one attached hydrogen (secondary N) is 1. The molecule has 0 aromatic rings. The summed E-state index contributed by atoms with van der Waals surface area (Å²) >= 11 is 0. The van der Waals surface area contributed by atoms with Crippen LogP contribution < -0.4 is 5.32 Å². The van der Waals surface area contributed by atoms with E-state index in [1.54, 1.807) is 0 Å². The second-order valence-corrected chi connectivity index (χ2v) is 4.76. The Balaban J connectivity index is 1.60. The highest BCUT2D eigenvalue weighted by atomic mass is 16.4. The molecule has 2 unspecified atom stereocenters. The van der Waals surface area contributed by atoms with E-state index in [0.29, 0.717) is 11.8 Å². The monoisotopic (exact) mass is 212 g/mol. The van der Waals surface area contributed by atoms with E-state index in [1.807, 2.05) is 7.05 Å². The van der Waals surface area contributed by atoms with Crippen molar-refractivity contribution in [3.05, 3.63) is 0 Å². The van der Waals surface area contributed by atoms with Crippen molar-refractivity contribution in [2.45, 2.75) is 12.8 Å². The van der Waals surface area contributed by atoms with Crippen LogP contribution in [0.15, 0.2) is 0 Å². The quantitative estimate of drug-likeness (QED) is 0.620. The van der Waals surface area contributed by atoms with E-state index in [1.165, 1.54) is 12.8 Å². The normalized spacial score (nSPS) is 34.1. The first-order valence-electron chi connectivity index (χ1n) is 5.84. The summed E-state index contributed by atoms with van der Waals surface area (Å²) in [6.07, 6.45) is 2.43. The number of carboxylic acid groups (broad SMARTS) is 1. The molecule has 1 saturated carbocycles. The van der Waals surface area contributed by atoms with Gasteiger partial charge in [-0.2, -0.15) is 0 Å². The lowest BCUT2D eigenvalue weighted by Crippen LogP contribution is -2.27. The van der Waals surface area contributed by atoms with Crippen LogP contribution >= 0.6 is 0 Å². The van der Waals surface area contributed by atoms with Crippen molar-refractivity contribution in [3.63, 3.8) is 0 Å². The van der Waals surface area contributed by atoms with Crippen molar-refractivity contribution in [2.75, 3.05) is 33.2 Å². The van der Waals surface area contributed by atoms with Gasteiger partial charge in [-0.25, -0.2) is 0 Å². The molecule has 2 fully saturated rings. The Morgan fingerprint density at radius 2 is 2.07 bits per heavy atom. The molecule has 0 aromatic carbocycles. The summed E-state index contributed by atoms with van der Waals surface area (Å²) in [5.74, 6) is 0.331. The van der Waals surface area contributed by atoms with E-state index in [-0.39, 0.29) is 5.92 Å². The van der Waals surface area contributed by atoms with Gasteiger partial charge in [-0.1, -0.05) is 0 Å². The number of aliphatic carboxylic acids is 1. The summed E-state index contributed by atoms with van der Waals surface area (Å²) in [5.41, 5.74) is 0. The minimum atomic E-state index is -0.583. The molecule has 0 spiro atoms. The Morgan fingerprint density at radius 1 is 1.40 bits per heavy atom. The number of carbonyl (C=O) groups is 1. The van der Waals surface area contributed by atoms with E-state index in [2.05, 4.69) is 10.2 Å². The maximum Gasteiger partial charge on any atom is 0.307 e. The Morgan fingerprint density at radius 3 is 2.60 bits per heavy atom. The summed E-state index contributed by atoms with van der Waals surface area (Å²) in [4.78, 5) is 13.2. The summed E-state index contributed by atoms with van der Waals surface area (Å²) in [6, 6.07) is 0. The Bertz CT molecular complexity index is 233. The van der Waals surface area contributed by atoms with Crippen LogP contribution in [0.4, 0.5) is 0 Å². The molecule has 2 N–H and O–H groups in total. The number of piperidine rings is 1. The van der Waals surface area contributed by atoms with Gasteiger partial charge in [0.05, 0.1) is 5.92 Å². The predicted octanol–water partition coefficient (Wildman–Crippen LogP) is 0.248. The number of fused-ring (bicyclic) bond motifs is 1. The number of likely N-dealkylation sites (tertiary alicyclic amines) is 1. The molecule has 4 heteroatoms. The van der Waals surface area contributed by atoms with Crippen LogP contribution in [0, 0.1) is 17.8 Å².